The van der Waals surface area contributed by atoms with E-state index in [9.17, 15) is 9.18 Å². The van der Waals surface area contributed by atoms with E-state index in [0.29, 0.717) is 16.5 Å². The molecule has 1 aliphatic rings. The summed E-state index contributed by atoms with van der Waals surface area (Å²) in [6.45, 7) is 0. The largest absolute Gasteiger partial charge is 0.349 e. The quantitative estimate of drug-likeness (QED) is 0.910. The second kappa shape index (κ2) is 5.57. The van der Waals surface area contributed by atoms with Gasteiger partial charge in [0.25, 0.3) is 5.91 Å². The van der Waals surface area contributed by atoms with Gasteiger partial charge in [0.2, 0.25) is 0 Å². The molecule has 1 aliphatic carbocycles. The van der Waals surface area contributed by atoms with Gasteiger partial charge in [-0.25, -0.2) is 4.39 Å². The molecule has 0 saturated heterocycles. The maximum atomic E-state index is 13.2. The fourth-order valence-corrected chi connectivity index (χ4v) is 2.74. The number of aromatic nitrogens is 1. The molecule has 1 saturated carbocycles. The van der Waals surface area contributed by atoms with Crippen LogP contribution in [-0.4, -0.2) is 16.9 Å². The zero-order valence-corrected chi connectivity index (χ0v) is 11.2. The van der Waals surface area contributed by atoms with Gasteiger partial charge in [0, 0.05) is 17.6 Å². The van der Waals surface area contributed by atoms with Gasteiger partial charge in [0.15, 0.2) is 0 Å². The molecule has 0 atom stereocenters. The fourth-order valence-electron chi connectivity index (χ4n) is 2.74. The van der Waals surface area contributed by atoms with Crippen LogP contribution >= 0.6 is 0 Å². The summed E-state index contributed by atoms with van der Waals surface area (Å²) >= 11 is 0. The second-order valence-corrected chi connectivity index (χ2v) is 5.37. The molecule has 3 rings (SSSR count). The average molecular weight is 272 g/mol. The van der Waals surface area contributed by atoms with Crippen molar-refractivity contribution in [2.75, 3.05) is 0 Å². The van der Waals surface area contributed by atoms with Gasteiger partial charge in [0.1, 0.15) is 5.82 Å². The number of halogens is 1. The van der Waals surface area contributed by atoms with E-state index in [0.717, 1.165) is 12.8 Å². The van der Waals surface area contributed by atoms with Crippen LogP contribution in [0.15, 0.2) is 30.5 Å². The first-order valence-electron chi connectivity index (χ1n) is 7.08. The number of benzene rings is 1. The SMILES string of the molecule is O=C(NC1CCCCC1)c1cnc2ccc(F)cc2c1. The first kappa shape index (κ1) is 13.0. The van der Waals surface area contributed by atoms with Crippen molar-refractivity contribution in [3.8, 4) is 0 Å². The van der Waals surface area contributed by atoms with Crippen LogP contribution in [0.5, 0.6) is 0 Å². The van der Waals surface area contributed by atoms with Gasteiger partial charge in [-0.1, -0.05) is 19.3 Å². The fraction of sp³-hybridized carbons (Fsp3) is 0.375. The molecule has 1 aromatic heterocycles. The first-order valence-corrected chi connectivity index (χ1v) is 7.08. The van der Waals surface area contributed by atoms with Crippen molar-refractivity contribution in [2.45, 2.75) is 38.1 Å². The molecule has 104 valence electrons. The highest BCUT2D eigenvalue weighted by Crippen LogP contribution is 2.19. The average Bonchev–Trinajstić information content (AvgIpc) is 2.47. The van der Waals surface area contributed by atoms with Crippen LogP contribution in [0.1, 0.15) is 42.5 Å². The van der Waals surface area contributed by atoms with E-state index >= 15 is 0 Å². The second-order valence-electron chi connectivity index (χ2n) is 5.37. The lowest BCUT2D eigenvalue weighted by atomic mass is 9.95. The summed E-state index contributed by atoms with van der Waals surface area (Å²) in [5.41, 5.74) is 1.19. The van der Waals surface area contributed by atoms with E-state index in [1.165, 1.54) is 31.4 Å². The van der Waals surface area contributed by atoms with Crippen molar-refractivity contribution < 1.29 is 9.18 Å². The minimum atomic E-state index is -0.316. The maximum absolute atomic E-state index is 13.2. The standard InChI is InChI=1S/C16H17FN2O/c17-13-6-7-15-11(9-13)8-12(10-18-15)16(20)19-14-4-2-1-3-5-14/h6-10,14H,1-5H2,(H,19,20). The summed E-state index contributed by atoms with van der Waals surface area (Å²) in [7, 11) is 0. The van der Waals surface area contributed by atoms with Crippen LogP contribution in [0, 0.1) is 5.82 Å². The smallest absolute Gasteiger partial charge is 0.253 e. The molecule has 1 N–H and O–H groups in total. The van der Waals surface area contributed by atoms with Gasteiger partial charge < -0.3 is 5.32 Å². The predicted molar refractivity (Wildman–Crippen MR) is 76.0 cm³/mol. The minimum absolute atomic E-state index is 0.115. The van der Waals surface area contributed by atoms with Crippen molar-refractivity contribution in [2.24, 2.45) is 0 Å². The number of nitrogens with one attached hydrogen (secondary N) is 1. The maximum Gasteiger partial charge on any atom is 0.253 e. The Morgan fingerprint density at radius 2 is 2.00 bits per heavy atom. The molecule has 1 fully saturated rings. The van der Waals surface area contributed by atoms with Crippen molar-refractivity contribution in [1.82, 2.24) is 10.3 Å². The van der Waals surface area contributed by atoms with Crippen LogP contribution in [-0.2, 0) is 0 Å². The van der Waals surface area contributed by atoms with Gasteiger partial charge in [0.05, 0.1) is 11.1 Å². The molecule has 0 radical (unpaired) electrons. The topological polar surface area (TPSA) is 42.0 Å². The third-order valence-electron chi connectivity index (χ3n) is 3.85. The highest BCUT2D eigenvalue weighted by Gasteiger charge is 2.17. The number of nitrogens with zero attached hydrogens (tertiary/aromatic N) is 1. The minimum Gasteiger partial charge on any atom is -0.349 e. The van der Waals surface area contributed by atoms with Gasteiger partial charge in [-0.15, -0.1) is 0 Å². The van der Waals surface area contributed by atoms with Crippen LogP contribution in [0.4, 0.5) is 4.39 Å². The number of carbonyl (C=O) groups excluding carboxylic acids is 1. The van der Waals surface area contributed by atoms with E-state index in [2.05, 4.69) is 10.3 Å². The van der Waals surface area contributed by atoms with Crippen molar-refractivity contribution in [3.63, 3.8) is 0 Å². The van der Waals surface area contributed by atoms with Crippen molar-refractivity contribution >= 4 is 16.8 Å². The van der Waals surface area contributed by atoms with Gasteiger partial charge in [-0.2, -0.15) is 0 Å². The molecule has 3 nitrogen and oxygen atoms in total. The lowest BCUT2D eigenvalue weighted by molar-refractivity contribution is 0.0927. The van der Waals surface area contributed by atoms with Gasteiger partial charge in [-0.05, 0) is 37.1 Å². The first-order chi connectivity index (χ1) is 9.72. The van der Waals surface area contributed by atoms with E-state index in [-0.39, 0.29) is 17.8 Å². The van der Waals surface area contributed by atoms with Crippen LogP contribution in [0.3, 0.4) is 0 Å². The Hall–Kier alpha value is -1.97. The molecular weight excluding hydrogens is 255 g/mol. The summed E-state index contributed by atoms with van der Waals surface area (Å²) in [6.07, 6.45) is 7.24. The normalized spacial score (nSPS) is 16.2. The highest BCUT2D eigenvalue weighted by atomic mass is 19.1. The number of amides is 1. The number of pyridine rings is 1. The molecular formula is C16H17FN2O. The highest BCUT2D eigenvalue weighted by molar-refractivity contribution is 5.97. The number of carbonyl (C=O) groups is 1. The predicted octanol–water partition coefficient (Wildman–Crippen LogP) is 3.44. The summed E-state index contributed by atoms with van der Waals surface area (Å²) in [4.78, 5) is 16.4. The van der Waals surface area contributed by atoms with Crippen LogP contribution < -0.4 is 5.32 Å². The summed E-state index contributed by atoms with van der Waals surface area (Å²) in [6, 6.07) is 6.35. The van der Waals surface area contributed by atoms with Gasteiger partial charge in [-0.3, -0.25) is 9.78 Å². The lowest BCUT2D eigenvalue weighted by Gasteiger charge is -2.22. The zero-order chi connectivity index (χ0) is 13.9. The number of hydrogen-bond donors (Lipinski definition) is 1. The third kappa shape index (κ3) is 2.79. The molecule has 0 bridgehead atoms. The third-order valence-corrected chi connectivity index (χ3v) is 3.85. The molecule has 0 aliphatic heterocycles. The molecule has 4 heteroatoms. The van der Waals surface area contributed by atoms with E-state index in [1.807, 2.05) is 0 Å². The Morgan fingerprint density at radius 1 is 1.20 bits per heavy atom. The van der Waals surface area contributed by atoms with Crippen molar-refractivity contribution in [3.05, 3.63) is 41.8 Å². The van der Waals surface area contributed by atoms with E-state index < -0.39 is 0 Å². The molecule has 0 unspecified atom stereocenters. The molecule has 0 spiro atoms. The van der Waals surface area contributed by atoms with Gasteiger partial charge >= 0.3 is 0 Å². The Morgan fingerprint density at radius 3 is 2.80 bits per heavy atom. The van der Waals surface area contributed by atoms with Crippen molar-refractivity contribution in [1.29, 1.82) is 0 Å². The molecule has 2 aromatic rings. The summed E-state index contributed by atoms with van der Waals surface area (Å²) in [5, 5.41) is 3.70. The Kier molecular flexibility index (Phi) is 3.63. The number of hydrogen-bond acceptors (Lipinski definition) is 2. The van der Waals surface area contributed by atoms with E-state index in [4.69, 9.17) is 0 Å². The molecule has 1 heterocycles. The monoisotopic (exact) mass is 272 g/mol. The van der Waals surface area contributed by atoms with Crippen LogP contribution in [0.25, 0.3) is 10.9 Å². The molecule has 1 amide bonds. The Labute approximate surface area is 117 Å². The summed E-state index contributed by atoms with van der Waals surface area (Å²) < 4.78 is 13.2. The van der Waals surface area contributed by atoms with Crippen LogP contribution in [0.2, 0.25) is 0 Å². The molecule has 20 heavy (non-hydrogen) atoms. The Balaban J connectivity index is 1.80. The zero-order valence-electron chi connectivity index (χ0n) is 11.2. The number of rotatable bonds is 2. The summed E-state index contributed by atoms with van der Waals surface area (Å²) in [5.74, 6) is -0.431. The molecule has 1 aromatic carbocycles. The number of fused-ring (bicyclic) bond motifs is 1. The lowest BCUT2D eigenvalue weighted by Crippen LogP contribution is -2.36. The van der Waals surface area contributed by atoms with E-state index in [1.54, 1.807) is 18.3 Å². The Bertz CT molecular complexity index is 635.